The van der Waals surface area contributed by atoms with Gasteiger partial charge in [-0.2, -0.15) is 0 Å². The fraction of sp³-hybridized carbons (Fsp3) is 0.520. The van der Waals surface area contributed by atoms with Gasteiger partial charge in [0, 0.05) is 4.90 Å². The van der Waals surface area contributed by atoms with Crippen LogP contribution in [0.1, 0.15) is 58.1 Å². The van der Waals surface area contributed by atoms with Crippen molar-refractivity contribution in [1.82, 2.24) is 0 Å². The van der Waals surface area contributed by atoms with Crippen LogP contribution in [0.4, 0.5) is 0 Å². The van der Waals surface area contributed by atoms with E-state index in [1.165, 1.54) is 0 Å². The molecule has 2 fully saturated rings. The molecular weight excluding hydrogens is 396 g/mol. The molecule has 30 heavy (non-hydrogen) atoms. The summed E-state index contributed by atoms with van der Waals surface area (Å²) in [6, 6.07) is 12.1. The molecule has 0 heterocycles. The third kappa shape index (κ3) is 4.09. The van der Waals surface area contributed by atoms with Gasteiger partial charge in [0.15, 0.2) is 0 Å². The van der Waals surface area contributed by atoms with Crippen LogP contribution < -0.4 is 0 Å². The summed E-state index contributed by atoms with van der Waals surface area (Å²) in [6.07, 6.45) is 2.90. The fourth-order valence-corrected chi connectivity index (χ4v) is 5.32. The normalized spacial score (nSPS) is 27.1. The van der Waals surface area contributed by atoms with Crippen molar-refractivity contribution < 1.29 is 19.1 Å². The van der Waals surface area contributed by atoms with Gasteiger partial charge in [0.05, 0.1) is 11.8 Å². The number of carbonyl (C=O) groups excluding carboxylic acids is 2. The van der Waals surface area contributed by atoms with Crippen LogP contribution in [0.3, 0.4) is 0 Å². The Morgan fingerprint density at radius 1 is 1.10 bits per heavy atom. The molecule has 2 aliphatic rings. The second kappa shape index (κ2) is 8.62. The highest BCUT2D eigenvalue weighted by atomic mass is 32.1. The fourth-order valence-electron chi connectivity index (χ4n) is 4.97. The standard InChI is InChI=1S/C25H30O4S/c1-4-14(2)24(26)29-22-12-18-10-19(22)11-21(18)25(27)28-15(3)17-9-16-7-5-6-8-20(16)23(30)13-17/h5-9,13-15,18-19,21-22,30H,4,10-12H2,1-3H3. The molecule has 2 bridgehead atoms. The molecule has 2 aromatic rings. The second-order valence-corrected chi connectivity index (χ2v) is 9.44. The van der Waals surface area contributed by atoms with E-state index in [-0.39, 0.29) is 47.8 Å². The molecule has 0 saturated heterocycles. The van der Waals surface area contributed by atoms with Gasteiger partial charge in [-0.15, -0.1) is 12.6 Å². The van der Waals surface area contributed by atoms with E-state index in [1.54, 1.807) is 0 Å². The lowest BCUT2D eigenvalue weighted by Crippen LogP contribution is -2.32. The van der Waals surface area contributed by atoms with Crippen molar-refractivity contribution in [3.05, 3.63) is 42.0 Å². The molecule has 2 aromatic carbocycles. The number of carbonyl (C=O) groups is 2. The van der Waals surface area contributed by atoms with Crippen LogP contribution in [0.5, 0.6) is 0 Å². The average molecular weight is 427 g/mol. The number of fused-ring (bicyclic) bond motifs is 3. The molecule has 6 unspecified atom stereocenters. The average Bonchev–Trinajstić information content (AvgIpc) is 3.33. The number of benzene rings is 2. The van der Waals surface area contributed by atoms with Crippen molar-refractivity contribution in [3.8, 4) is 0 Å². The molecule has 0 amide bonds. The summed E-state index contributed by atoms with van der Waals surface area (Å²) in [7, 11) is 0. The molecule has 160 valence electrons. The summed E-state index contributed by atoms with van der Waals surface area (Å²) in [6.45, 7) is 5.81. The molecular formula is C25H30O4S. The van der Waals surface area contributed by atoms with Crippen molar-refractivity contribution in [2.45, 2.75) is 63.6 Å². The van der Waals surface area contributed by atoms with Crippen LogP contribution in [0.25, 0.3) is 10.8 Å². The molecule has 4 rings (SSSR count). The van der Waals surface area contributed by atoms with Crippen molar-refractivity contribution in [2.75, 3.05) is 0 Å². The predicted molar refractivity (Wildman–Crippen MR) is 119 cm³/mol. The van der Waals surface area contributed by atoms with E-state index in [2.05, 4.69) is 18.7 Å². The van der Waals surface area contributed by atoms with Gasteiger partial charge in [-0.05, 0) is 72.9 Å². The summed E-state index contributed by atoms with van der Waals surface area (Å²) >= 11 is 4.60. The topological polar surface area (TPSA) is 52.6 Å². The van der Waals surface area contributed by atoms with Gasteiger partial charge < -0.3 is 9.47 Å². The van der Waals surface area contributed by atoms with Crippen molar-refractivity contribution in [1.29, 1.82) is 0 Å². The Kier molecular flexibility index (Phi) is 6.10. The Balaban J connectivity index is 1.37. The van der Waals surface area contributed by atoms with E-state index in [0.717, 1.165) is 46.9 Å². The van der Waals surface area contributed by atoms with Crippen LogP contribution in [0.15, 0.2) is 41.3 Å². The molecule has 0 spiro atoms. The largest absolute Gasteiger partial charge is 0.462 e. The smallest absolute Gasteiger partial charge is 0.309 e. The Hall–Kier alpha value is -2.01. The summed E-state index contributed by atoms with van der Waals surface area (Å²) in [5.41, 5.74) is 0.954. The van der Waals surface area contributed by atoms with Crippen LogP contribution >= 0.6 is 12.6 Å². The van der Waals surface area contributed by atoms with E-state index in [0.29, 0.717) is 0 Å². The lowest BCUT2D eigenvalue weighted by molar-refractivity contribution is -0.160. The Bertz CT molecular complexity index is 955. The number of hydrogen-bond acceptors (Lipinski definition) is 5. The van der Waals surface area contributed by atoms with E-state index in [9.17, 15) is 9.59 Å². The maximum absolute atomic E-state index is 12.9. The lowest BCUT2D eigenvalue weighted by Gasteiger charge is -2.28. The zero-order valence-electron chi connectivity index (χ0n) is 17.8. The second-order valence-electron chi connectivity index (χ2n) is 8.96. The maximum Gasteiger partial charge on any atom is 0.309 e. The molecule has 5 heteroatoms. The highest BCUT2D eigenvalue weighted by molar-refractivity contribution is 7.80. The van der Waals surface area contributed by atoms with E-state index < -0.39 is 0 Å². The number of esters is 2. The van der Waals surface area contributed by atoms with Gasteiger partial charge >= 0.3 is 11.9 Å². The van der Waals surface area contributed by atoms with Crippen LogP contribution in [0.2, 0.25) is 0 Å². The van der Waals surface area contributed by atoms with Gasteiger partial charge in [-0.25, -0.2) is 0 Å². The predicted octanol–water partition coefficient (Wildman–Crippen LogP) is 5.74. The Morgan fingerprint density at radius 3 is 2.57 bits per heavy atom. The zero-order valence-corrected chi connectivity index (χ0v) is 18.7. The minimum Gasteiger partial charge on any atom is -0.462 e. The molecule has 0 aromatic heterocycles. The van der Waals surface area contributed by atoms with Crippen molar-refractivity contribution in [2.24, 2.45) is 23.7 Å². The van der Waals surface area contributed by atoms with Crippen molar-refractivity contribution >= 4 is 35.3 Å². The summed E-state index contributed by atoms with van der Waals surface area (Å²) < 4.78 is 11.6. The molecule has 0 aliphatic heterocycles. The highest BCUT2D eigenvalue weighted by Gasteiger charge is 2.51. The number of ether oxygens (including phenoxy) is 2. The first-order valence-electron chi connectivity index (χ1n) is 11.0. The van der Waals surface area contributed by atoms with Gasteiger partial charge in [-0.3, -0.25) is 9.59 Å². The number of hydrogen-bond donors (Lipinski definition) is 1. The molecule has 0 radical (unpaired) electrons. The summed E-state index contributed by atoms with van der Waals surface area (Å²) in [5.74, 6) is 0.135. The van der Waals surface area contributed by atoms with Gasteiger partial charge in [0.1, 0.15) is 12.2 Å². The molecule has 2 saturated carbocycles. The summed E-state index contributed by atoms with van der Waals surface area (Å²) in [5, 5.41) is 2.18. The Labute approximate surface area is 183 Å². The van der Waals surface area contributed by atoms with Crippen LogP contribution in [0, 0.1) is 23.7 Å². The Morgan fingerprint density at radius 2 is 1.87 bits per heavy atom. The minimum absolute atomic E-state index is 0.0369. The monoisotopic (exact) mass is 426 g/mol. The van der Waals surface area contributed by atoms with E-state index in [4.69, 9.17) is 9.47 Å². The van der Waals surface area contributed by atoms with Gasteiger partial charge in [0.25, 0.3) is 0 Å². The first-order chi connectivity index (χ1) is 14.4. The highest BCUT2D eigenvalue weighted by Crippen LogP contribution is 2.50. The summed E-state index contributed by atoms with van der Waals surface area (Å²) in [4.78, 5) is 25.9. The molecule has 6 atom stereocenters. The van der Waals surface area contributed by atoms with Crippen LogP contribution in [-0.4, -0.2) is 18.0 Å². The minimum atomic E-state index is -0.328. The van der Waals surface area contributed by atoms with E-state index >= 15 is 0 Å². The first-order valence-corrected chi connectivity index (χ1v) is 11.4. The SMILES string of the molecule is CCC(C)C(=O)OC1CC2CC1CC2C(=O)OC(C)c1cc(S)c2ccccc2c1. The van der Waals surface area contributed by atoms with E-state index in [1.807, 2.05) is 51.1 Å². The molecule has 2 aliphatic carbocycles. The van der Waals surface area contributed by atoms with Crippen molar-refractivity contribution in [3.63, 3.8) is 0 Å². The van der Waals surface area contributed by atoms with Gasteiger partial charge in [0.2, 0.25) is 0 Å². The lowest BCUT2D eigenvalue weighted by atomic mass is 9.87. The van der Waals surface area contributed by atoms with Crippen LogP contribution in [-0.2, 0) is 19.1 Å². The first kappa shape index (κ1) is 21.2. The molecule has 0 N–H and O–H groups in total. The third-order valence-corrected chi connectivity index (χ3v) is 7.37. The zero-order chi connectivity index (χ0) is 21.4. The maximum atomic E-state index is 12.9. The molecule has 4 nitrogen and oxygen atoms in total. The van der Waals surface area contributed by atoms with Gasteiger partial charge in [-0.1, -0.05) is 38.1 Å². The quantitative estimate of drug-likeness (QED) is 0.473. The number of rotatable bonds is 6. The third-order valence-electron chi connectivity index (χ3n) is 7.00. The number of thiol groups is 1.